The molecule has 0 bridgehead atoms. The van der Waals surface area contributed by atoms with Gasteiger partial charge in [0.15, 0.2) is 11.0 Å². The summed E-state index contributed by atoms with van der Waals surface area (Å²) in [7, 11) is 1.94. The molecule has 1 aliphatic heterocycles. The quantitative estimate of drug-likeness (QED) is 0.326. The fourth-order valence-electron chi connectivity index (χ4n) is 4.88. The number of benzene rings is 1. The Hall–Kier alpha value is -2.17. The maximum atomic E-state index is 12.8. The topological polar surface area (TPSA) is 59.7 Å². The first kappa shape index (κ1) is 24.9. The molecule has 182 valence electrons. The number of hydrogen-bond acceptors (Lipinski definition) is 6. The van der Waals surface area contributed by atoms with E-state index in [2.05, 4.69) is 25.1 Å². The molecule has 34 heavy (non-hydrogen) atoms. The number of likely N-dealkylation sites (tertiary alicyclic amines) is 1. The summed E-state index contributed by atoms with van der Waals surface area (Å²) in [6.45, 7) is 3.11. The van der Waals surface area contributed by atoms with Crippen molar-refractivity contribution in [2.24, 2.45) is 12.5 Å². The number of nitrogens with zero attached hydrogens (tertiary/aromatic N) is 6. The number of alkyl halides is 3. The lowest BCUT2D eigenvalue weighted by Crippen LogP contribution is -2.23. The van der Waals surface area contributed by atoms with Gasteiger partial charge in [0.25, 0.3) is 0 Å². The monoisotopic (exact) mass is 510 g/mol. The standard InChI is InChI=1S/C23H25F3N6S.ClH/c1-31-20(19-14-27-8-9-28-19)29-30-21(31)33-12-2-10-32-11-7-22(15-32)13-18(22)16-3-5-17(6-4-16)23(24,25)26;/h3-6,8-9,14,18H,2,7,10-13,15H2,1H3;1H. The maximum Gasteiger partial charge on any atom is 0.416 e. The normalized spacial score (nSPS) is 22.2. The van der Waals surface area contributed by atoms with Crippen LogP contribution in [0, 0.1) is 5.41 Å². The van der Waals surface area contributed by atoms with E-state index in [-0.39, 0.29) is 17.8 Å². The molecule has 2 unspecified atom stereocenters. The van der Waals surface area contributed by atoms with Gasteiger partial charge in [0, 0.05) is 31.7 Å². The lowest BCUT2D eigenvalue weighted by atomic mass is 9.97. The van der Waals surface area contributed by atoms with E-state index in [1.807, 2.05) is 11.6 Å². The number of hydrogen-bond donors (Lipinski definition) is 0. The Morgan fingerprint density at radius 2 is 1.94 bits per heavy atom. The van der Waals surface area contributed by atoms with Crippen LogP contribution in [0.2, 0.25) is 0 Å². The van der Waals surface area contributed by atoms with Crippen LogP contribution in [0.5, 0.6) is 0 Å². The fraction of sp³-hybridized carbons (Fsp3) is 0.478. The Morgan fingerprint density at radius 3 is 2.65 bits per heavy atom. The zero-order valence-corrected chi connectivity index (χ0v) is 20.3. The van der Waals surface area contributed by atoms with Gasteiger partial charge in [0.1, 0.15) is 5.69 Å². The van der Waals surface area contributed by atoms with Gasteiger partial charge < -0.3 is 9.47 Å². The maximum absolute atomic E-state index is 12.8. The van der Waals surface area contributed by atoms with Crippen molar-refractivity contribution in [3.8, 4) is 11.5 Å². The minimum absolute atomic E-state index is 0. The van der Waals surface area contributed by atoms with Crippen LogP contribution >= 0.6 is 24.2 Å². The lowest BCUT2D eigenvalue weighted by molar-refractivity contribution is -0.137. The van der Waals surface area contributed by atoms with Gasteiger partial charge in [-0.25, -0.2) is 4.98 Å². The Kier molecular flexibility index (Phi) is 7.21. The van der Waals surface area contributed by atoms with Crippen LogP contribution in [0.1, 0.15) is 36.3 Å². The molecule has 0 radical (unpaired) electrons. The predicted molar refractivity (Wildman–Crippen MR) is 127 cm³/mol. The molecule has 1 aromatic carbocycles. The van der Waals surface area contributed by atoms with Crippen LogP contribution in [0.3, 0.4) is 0 Å². The summed E-state index contributed by atoms with van der Waals surface area (Å²) in [6.07, 6.45) is 3.91. The molecule has 3 heterocycles. The number of aromatic nitrogens is 5. The second-order valence-electron chi connectivity index (χ2n) is 8.92. The molecule has 2 atom stereocenters. The second kappa shape index (κ2) is 9.83. The van der Waals surface area contributed by atoms with Gasteiger partial charge in [-0.3, -0.25) is 4.98 Å². The van der Waals surface area contributed by atoms with Crippen molar-refractivity contribution in [3.05, 3.63) is 54.0 Å². The van der Waals surface area contributed by atoms with E-state index in [0.29, 0.717) is 17.4 Å². The summed E-state index contributed by atoms with van der Waals surface area (Å²) in [5, 5.41) is 9.39. The smallest absolute Gasteiger partial charge is 0.304 e. The molecular formula is C23H26ClF3N6S. The van der Waals surface area contributed by atoms with Crippen LogP contribution in [0.15, 0.2) is 48.0 Å². The summed E-state index contributed by atoms with van der Waals surface area (Å²) in [6, 6.07) is 5.76. The fourth-order valence-corrected chi connectivity index (χ4v) is 5.71. The van der Waals surface area contributed by atoms with E-state index in [1.54, 1.807) is 42.5 Å². The molecule has 11 heteroatoms. The summed E-state index contributed by atoms with van der Waals surface area (Å²) in [5.74, 6) is 2.03. The SMILES string of the molecule is Cl.Cn1c(SCCCN2CCC3(CC3c3ccc(C(F)(F)F)cc3)C2)nnc1-c1cnccn1. The number of halogens is 4. The van der Waals surface area contributed by atoms with Gasteiger partial charge in [-0.1, -0.05) is 23.9 Å². The molecule has 1 spiro atoms. The van der Waals surface area contributed by atoms with E-state index in [9.17, 15) is 13.2 Å². The van der Waals surface area contributed by atoms with Crippen molar-refractivity contribution in [1.82, 2.24) is 29.6 Å². The van der Waals surface area contributed by atoms with Crippen LogP contribution in [0.4, 0.5) is 13.2 Å². The van der Waals surface area contributed by atoms with E-state index < -0.39 is 11.7 Å². The summed E-state index contributed by atoms with van der Waals surface area (Å²) < 4.78 is 40.4. The highest BCUT2D eigenvalue weighted by atomic mass is 35.5. The minimum atomic E-state index is -4.27. The Bertz CT molecular complexity index is 1110. The van der Waals surface area contributed by atoms with Gasteiger partial charge >= 0.3 is 6.18 Å². The molecule has 1 aliphatic carbocycles. The highest BCUT2D eigenvalue weighted by molar-refractivity contribution is 7.99. The van der Waals surface area contributed by atoms with Crippen molar-refractivity contribution >= 4 is 24.2 Å². The highest BCUT2D eigenvalue weighted by Gasteiger charge is 2.57. The van der Waals surface area contributed by atoms with Crippen molar-refractivity contribution in [1.29, 1.82) is 0 Å². The third-order valence-electron chi connectivity index (χ3n) is 6.77. The van der Waals surface area contributed by atoms with Crippen LogP contribution in [0.25, 0.3) is 11.5 Å². The molecule has 1 saturated carbocycles. The third-order valence-corrected chi connectivity index (χ3v) is 7.88. The number of rotatable bonds is 7. The largest absolute Gasteiger partial charge is 0.416 e. The van der Waals surface area contributed by atoms with Gasteiger partial charge in [-0.05, 0) is 61.4 Å². The third kappa shape index (κ3) is 5.08. The first-order chi connectivity index (χ1) is 15.9. The minimum Gasteiger partial charge on any atom is -0.304 e. The van der Waals surface area contributed by atoms with Gasteiger partial charge in [-0.15, -0.1) is 22.6 Å². The molecule has 2 fully saturated rings. The Labute approximate surface area is 206 Å². The van der Waals surface area contributed by atoms with E-state index in [1.165, 1.54) is 12.1 Å². The predicted octanol–water partition coefficient (Wildman–Crippen LogP) is 5.07. The first-order valence-electron chi connectivity index (χ1n) is 11.0. The zero-order chi connectivity index (χ0) is 23.1. The Balaban J connectivity index is 0.00000274. The van der Waals surface area contributed by atoms with Crippen LogP contribution in [-0.4, -0.2) is 55.0 Å². The molecule has 0 N–H and O–H groups in total. The average molecular weight is 511 g/mol. The van der Waals surface area contributed by atoms with Crippen LogP contribution in [-0.2, 0) is 13.2 Å². The van der Waals surface area contributed by atoms with E-state index >= 15 is 0 Å². The molecular weight excluding hydrogens is 485 g/mol. The summed E-state index contributed by atoms with van der Waals surface area (Å²) in [5.41, 5.74) is 1.43. The lowest BCUT2D eigenvalue weighted by Gasteiger charge is -2.16. The Morgan fingerprint density at radius 1 is 1.15 bits per heavy atom. The molecule has 0 amide bonds. The molecule has 1 saturated heterocycles. The molecule has 3 aromatic rings. The van der Waals surface area contributed by atoms with Crippen molar-refractivity contribution in [3.63, 3.8) is 0 Å². The zero-order valence-electron chi connectivity index (χ0n) is 18.7. The van der Waals surface area contributed by atoms with Crippen molar-refractivity contribution in [2.45, 2.75) is 36.5 Å². The van der Waals surface area contributed by atoms with E-state index in [4.69, 9.17) is 0 Å². The first-order valence-corrected chi connectivity index (χ1v) is 12.0. The number of thioether (sulfide) groups is 1. The summed E-state index contributed by atoms with van der Waals surface area (Å²) in [4.78, 5) is 10.9. The molecule has 2 aliphatic rings. The van der Waals surface area contributed by atoms with Gasteiger partial charge in [0.2, 0.25) is 0 Å². The van der Waals surface area contributed by atoms with Gasteiger partial charge in [-0.2, -0.15) is 13.2 Å². The second-order valence-corrected chi connectivity index (χ2v) is 9.98. The molecule has 6 nitrogen and oxygen atoms in total. The average Bonchev–Trinajstić information content (AvgIpc) is 3.15. The van der Waals surface area contributed by atoms with Gasteiger partial charge in [0.05, 0.1) is 11.8 Å². The molecule has 5 rings (SSSR count). The highest BCUT2D eigenvalue weighted by Crippen LogP contribution is 2.64. The van der Waals surface area contributed by atoms with E-state index in [0.717, 1.165) is 55.4 Å². The van der Waals surface area contributed by atoms with Crippen LogP contribution < -0.4 is 0 Å². The van der Waals surface area contributed by atoms with Crippen molar-refractivity contribution < 1.29 is 13.2 Å². The van der Waals surface area contributed by atoms with Crippen molar-refractivity contribution in [2.75, 3.05) is 25.4 Å². The summed E-state index contributed by atoms with van der Waals surface area (Å²) >= 11 is 1.68. The molecule has 2 aromatic heterocycles.